The van der Waals surface area contributed by atoms with Gasteiger partial charge in [-0.25, -0.2) is 0 Å². The second-order valence-corrected chi connectivity index (χ2v) is 8.19. The Kier molecular flexibility index (Phi) is 7.83. The maximum Gasteiger partial charge on any atom is 0.0972 e. The van der Waals surface area contributed by atoms with Crippen molar-refractivity contribution in [2.24, 2.45) is 5.92 Å². The molecule has 1 fully saturated rings. The minimum atomic E-state index is -0.421. The molecule has 0 N–H and O–H groups in total. The molecule has 0 bridgehead atoms. The van der Waals surface area contributed by atoms with E-state index >= 15 is 0 Å². The Bertz CT molecular complexity index is 891. The van der Waals surface area contributed by atoms with Crippen molar-refractivity contribution in [1.29, 1.82) is 0 Å². The van der Waals surface area contributed by atoms with Crippen LogP contribution < -0.4 is 0 Å². The second kappa shape index (κ2) is 11.2. The average molecular weight is 420 g/mol. The van der Waals surface area contributed by atoms with Crippen molar-refractivity contribution in [2.45, 2.75) is 32.0 Å². The zero-order chi connectivity index (χ0) is 21.3. The summed E-state index contributed by atoms with van der Waals surface area (Å²) < 4.78 is 26.8. The molecule has 0 saturated carbocycles. The van der Waals surface area contributed by atoms with Gasteiger partial charge in [0.05, 0.1) is 32.1 Å². The molecule has 0 amide bonds. The van der Waals surface area contributed by atoms with Gasteiger partial charge < -0.3 is 9.47 Å². The summed E-state index contributed by atoms with van der Waals surface area (Å²) in [5.41, 5.74) is 3.43. The number of ether oxygens (including phenoxy) is 2. The molecular formula is C27H30FNO2. The van der Waals surface area contributed by atoms with E-state index in [0.29, 0.717) is 19.8 Å². The molecule has 3 nitrogen and oxygen atoms in total. The van der Waals surface area contributed by atoms with Crippen LogP contribution in [0.3, 0.4) is 0 Å². The zero-order valence-corrected chi connectivity index (χ0v) is 17.8. The largest absolute Gasteiger partial charge is 0.370 e. The van der Waals surface area contributed by atoms with Gasteiger partial charge in [0.25, 0.3) is 0 Å². The van der Waals surface area contributed by atoms with Crippen molar-refractivity contribution in [3.05, 3.63) is 108 Å². The van der Waals surface area contributed by atoms with E-state index in [0.717, 1.165) is 24.2 Å². The van der Waals surface area contributed by atoms with Crippen molar-refractivity contribution in [3.8, 4) is 0 Å². The molecule has 31 heavy (non-hydrogen) atoms. The quantitative estimate of drug-likeness (QED) is 0.472. The van der Waals surface area contributed by atoms with Crippen molar-refractivity contribution in [1.82, 2.24) is 4.90 Å². The molecule has 3 aromatic carbocycles. The summed E-state index contributed by atoms with van der Waals surface area (Å²) in [7, 11) is 0. The van der Waals surface area contributed by atoms with E-state index < -0.39 is 6.67 Å². The topological polar surface area (TPSA) is 21.7 Å². The maximum atomic E-state index is 14.1. The number of benzene rings is 3. The predicted molar refractivity (Wildman–Crippen MR) is 121 cm³/mol. The van der Waals surface area contributed by atoms with Gasteiger partial charge in [-0.3, -0.25) is 9.29 Å². The third kappa shape index (κ3) is 6.23. The Hall–Kier alpha value is -2.53. The van der Waals surface area contributed by atoms with Crippen LogP contribution in [-0.4, -0.2) is 36.9 Å². The van der Waals surface area contributed by atoms with Gasteiger partial charge in [-0.05, 0) is 16.7 Å². The number of likely N-dealkylation sites (tertiary alicyclic amines) is 1. The van der Waals surface area contributed by atoms with E-state index in [9.17, 15) is 4.39 Å². The molecule has 1 saturated heterocycles. The predicted octanol–water partition coefficient (Wildman–Crippen LogP) is 5.26. The first kappa shape index (κ1) is 21.7. The van der Waals surface area contributed by atoms with E-state index in [1.165, 1.54) is 5.56 Å². The summed E-state index contributed by atoms with van der Waals surface area (Å²) >= 11 is 0. The van der Waals surface area contributed by atoms with Crippen LogP contribution in [0.4, 0.5) is 4.39 Å². The van der Waals surface area contributed by atoms with Gasteiger partial charge in [0, 0.05) is 25.6 Å². The fourth-order valence-corrected chi connectivity index (χ4v) is 4.21. The Morgan fingerprint density at radius 3 is 1.74 bits per heavy atom. The molecule has 3 atom stereocenters. The van der Waals surface area contributed by atoms with E-state index in [2.05, 4.69) is 29.2 Å². The third-order valence-corrected chi connectivity index (χ3v) is 5.80. The van der Waals surface area contributed by atoms with E-state index in [1.54, 1.807) is 0 Å². The number of rotatable bonds is 9. The number of halogens is 1. The highest BCUT2D eigenvalue weighted by Gasteiger charge is 2.38. The van der Waals surface area contributed by atoms with Crippen LogP contribution in [0.25, 0.3) is 0 Å². The Balaban J connectivity index is 1.47. The second-order valence-electron chi connectivity index (χ2n) is 8.19. The van der Waals surface area contributed by atoms with Crippen molar-refractivity contribution in [3.63, 3.8) is 0 Å². The smallest absolute Gasteiger partial charge is 0.0972 e. The number of piperidine rings is 1. The van der Waals surface area contributed by atoms with Crippen molar-refractivity contribution in [2.75, 3.05) is 19.8 Å². The monoisotopic (exact) mass is 419 g/mol. The van der Waals surface area contributed by atoms with E-state index in [-0.39, 0.29) is 18.1 Å². The summed E-state index contributed by atoms with van der Waals surface area (Å²) in [6, 6.07) is 30.5. The van der Waals surface area contributed by atoms with E-state index in [1.807, 2.05) is 66.7 Å². The van der Waals surface area contributed by atoms with Crippen LogP contribution in [0, 0.1) is 5.92 Å². The lowest BCUT2D eigenvalue weighted by molar-refractivity contribution is -0.148. The Morgan fingerprint density at radius 2 is 1.19 bits per heavy atom. The van der Waals surface area contributed by atoms with Gasteiger partial charge >= 0.3 is 0 Å². The minimum absolute atomic E-state index is 0.192. The number of hydrogen-bond donors (Lipinski definition) is 0. The van der Waals surface area contributed by atoms with E-state index in [4.69, 9.17) is 9.47 Å². The van der Waals surface area contributed by atoms with Crippen LogP contribution in [-0.2, 0) is 29.2 Å². The first-order valence-corrected chi connectivity index (χ1v) is 10.9. The molecule has 1 heterocycles. The summed E-state index contributed by atoms with van der Waals surface area (Å²) in [6.45, 7) is 2.71. The first-order valence-electron chi connectivity index (χ1n) is 10.9. The minimum Gasteiger partial charge on any atom is -0.370 e. The number of alkyl halides is 1. The first-order chi connectivity index (χ1) is 15.3. The fourth-order valence-electron chi connectivity index (χ4n) is 4.21. The van der Waals surface area contributed by atoms with Crippen LogP contribution in [0.15, 0.2) is 91.0 Å². The Morgan fingerprint density at radius 1 is 0.677 bits per heavy atom. The van der Waals surface area contributed by atoms with Gasteiger partial charge in [-0.1, -0.05) is 91.0 Å². The van der Waals surface area contributed by atoms with Gasteiger partial charge in [0.15, 0.2) is 0 Å². The molecule has 0 unspecified atom stereocenters. The normalized spacial score (nSPS) is 21.8. The highest BCUT2D eigenvalue weighted by Crippen LogP contribution is 2.27. The molecular weight excluding hydrogens is 389 g/mol. The molecule has 4 rings (SSSR count). The summed E-state index contributed by atoms with van der Waals surface area (Å²) in [6.07, 6.45) is -0.469. The molecule has 4 heteroatoms. The highest BCUT2D eigenvalue weighted by atomic mass is 19.1. The van der Waals surface area contributed by atoms with Crippen molar-refractivity contribution >= 4 is 0 Å². The van der Waals surface area contributed by atoms with Crippen LogP contribution >= 0.6 is 0 Å². The van der Waals surface area contributed by atoms with Crippen LogP contribution in [0.1, 0.15) is 16.7 Å². The van der Waals surface area contributed by atoms with Gasteiger partial charge in [-0.2, -0.15) is 0 Å². The van der Waals surface area contributed by atoms with Gasteiger partial charge in [0.2, 0.25) is 0 Å². The van der Waals surface area contributed by atoms with Gasteiger partial charge in [-0.15, -0.1) is 0 Å². The van der Waals surface area contributed by atoms with Gasteiger partial charge in [0.1, 0.15) is 0 Å². The lowest BCUT2D eigenvalue weighted by Crippen LogP contribution is -2.54. The third-order valence-electron chi connectivity index (χ3n) is 5.80. The summed E-state index contributed by atoms with van der Waals surface area (Å²) in [4.78, 5) is 2.29. The standard InChI is InChI=1S/C27H30FNO2/c28-16-25-18-29(17-22-10-4-1-5-11-22)19-26(30-20-23-12-6-2-7-13-23)27(25)31-21-24-14-8-3-9-15-24/h1-15,25-27H,16-21H2/t25-,26+,27+/m0/s1. The molecule has 0 spiro atoms. The maximum absolute atomic E-state index is 14.1. The molecule has 1 aliphatic heterocycles. The van der Waals surface area contributed by atoms with Crippen LogP contribution in [0.2, 0.25) is 0 Å². The SMILES string of the molecule is FC[C@H]1CN(Cc2ccccc2)C[C@@H](OCc2ccccc2)[C@@H]1OCc1ccccc1. The Labute approximate surface area is 184 Å². The molecule has 0 radical (unpaired) electrons. The molecule has 162 valence electrons. The lowest BCUT2D eigenvalue weighted by atomic mass is 9.92. The molecule has 1 aliphatic rings. The summed E-state index contributed by atoms with van der Waals surface area (Å²) in [5, 5.41) is 0. The average Bonchev–Trinajstić information content (AvgIpc) is 2.83. The zero-order valence-electron chi connectivity index (χ0n) is 17.8. The fraction of sp³-hybridized carbons (Fsp3) is 0.333. The number of nitrogens with zero attached hydrogens (tertiary/aromatic N) is 1. The lowest BCUT2D eigenvalue weighted by Gasteiger charge is -2.42. The number of hydrogen-bond acceptors (Lipinski definition) is 3. The van der Waals surface area contributed by atoms with Crippen LogP contribution in [0.5, 0.6) is 0 Å². The summed E-state index contributed by atoms with van der Waals surface area (Å²) in [5.74, 6) is -0.220. The highest BCUT2D eigenvalue weighted by molar-refractivity contribution is 5.16. The van der Waals surface area contributed by atoms with Crippen molar-refractivity contribution < 1.29 is 13.9 Å². The molecule has 3 aromatic rings. The molecule has 0 aromatic heterocycles. The molecule has 0 aliphatic carbocycles.